The Labute approximate surface area is 181 Å². The van der Waals surface area contributed by atoms with Gasteiger partial charge in [0, 0.05) is 21.6 Å². The van der Waals surface area contributed by atoms with Gasteiger partial charge in [-0.1, -0.05) is 23.7 Å². The monoisotopic (exact) mass is 425 g/mol. The second-order valence-electron chi connectivity index (χ2n) is 6.68. The molecule has 0 aliphatic carbocycles. The molecular weight excluding hydrogens is 402 g/mol. The highest BCUT2D eigenvalue weighted by molar-refractivity contribution is 6.31. The molecule has 0 bridgehead atoms. The number of allylic oxidation sites excluding steroid dienone is 3. The SMILES string of the molecule is CO/C(C=O)=C\C=C\c1cc2cc(Cl)ccc2n1C(C)c1ccc(OC)c(OC)c1. The Morgan fingerprint density at radius 2 is 1.80 bits per heavy atom. The van der Waals surface area contributed by atoms with Crippen molar-refractivity contribution in [3.05, 3.63) is 76.7 Å². The van der Waals surface area contributed by atoms with E-state index < -0.39 is 0 Å². The lowest BCUT2D eigenvalue weighted by atomic mass is 10.1. The van der Waals surface area contributed by atoms with E-state index in [1.54, 1.807) is 26.4 Å². The smallest absolute Gasteiger partial charge is 0.184 e. The van der Waals surface area contributed by atoms with Gasteiger partial charge in [0.25, 0.3) is 0 Å². The number of benzene rings is 2. The molecule has 0 N–H and O–H groups in total. The average molecular weight is 426 g/mol. The summed E-state index contributed by atoms with van der Waals surface area (Å²) >= 11 is 6.21. The number of aldehydes is 1. The van der Waals surface area contributed by atoms with Gasteiger partial charge < -0.3 is 18.8 Å². The number of halogens is 1. The van der Waals surface area contributed by atoms with Crippen molar-refractivity contribution in [2.45, 2.75) is 13.0 Å². The van der Waals surface area contributed by atoms with Gasteiger partial charge in [-0.3, -0.25) is 4.79 Å². The molecule has 0 aliphatic heterocycles. The summed E-state index contributed by atoms with van der Waals surface area (Å²) in [4.78, 5) is 11.0. The Balaban J connectivity index is 2.12. The van der Waals surface area contributed by atoms with E-state index in [4.69, 9.17) is 25.8 Å². The van der Waals surface area contributed by atoms with Crippen molar-refractivity contribution in [2.75, 3.05) is 21.3 Å². The van der Waals surface area contributed by atoms with Crippen molar-refractivity contribution >= 4 is 34.9 Å². The zero-order chi connectivity index (χ0) is 21.7. The van der Waals surface area contributed by atoms with Gasteiger partial charge in [0.15, 0.2) is 23.5 Å². The third kappa shape index (κ3) is 4.36. The minimum atomic E-state index is 0.0000720. The number of nitrogens with zero attached hydrogens (tertiary/aromatic N) is 1. The van der Waals surface area contributed by atoms with Gasteiger partial charge in [-0.25, -0.2) is 0 Å². The third-order valence-electron chi connectivity index (χ3n) is 4.99. The number of hydrogen-bond acceptors (Lipinski definition) is 4. The van der Waals surface area contributed by atoms with Gasteiger partial charge >= 0.3 is 0 Å². The van der Waals surface area contributed by atoms with Crippen LogP contribution in [0.3, 0.4) is 0 Å². The first-order valence-corrected chi connectivity index (χ1v) is 9.80. The molecule has 3 aromatic rings. The lowest BCUT2D eigenvalue weighted by molar-refractivity contribution is -0.107. The Bertz CT molecular complexity index is 1110. The molecule has 0 radical (unpaired) electrons. The minimum absolute atomic E-state index is 0.0000720. The molecule has 1 aromatic heterocycles. The van der Waals surface area contributed by atoms with Crippen LogP contribution in [0.2, 0.25) is 5.02 Å². The summed E-state index contributed by atoms with van der Waals surface area (Å²) in [6, 6.07) is 13.8. The molecule has 156 valence electrons. The number of methoxy groups -OCH3 is 3. The number of hydrogen-bond donors (Lipinski definition) is 0. The van der Waals surface area contributed by atoms with Crippen LogP contribution in [-0.4, -0.2) is 32.2 Å². The van der Waals surface area contributed by atoms with Crippen molar-refractivity contribution in [1.82, 2.24) is 4.57 Å². The van der Waals surface area contributed by atoms with Crippen LogP contribution >= 0.6 is 11.6 Å². The Kier molecular flexibility index (Phi) is 6.85. The summed E-state index contributed by atoms with van der Waals surface area (Å²) < 4.78 is 18.0. The summed E-state index contributed by atoms with van der Waals surface area (Å²) in [5.74, 6) is 1.62. The maximum atomic E-state index is 11.0. The summed E-state index contributed by atoms with van der Waals surface area (Å²) in [6.45, 7) is 2.12. The second kappa shape index (κ2) is 9.55. The van der Waals surface area contributed by atoms with Crippen LogP contribution in [0, 0.1) is 0 Å². The van der Waals surface area contributed by atoms with E-state index in [2.05, 4.69) is 17.6 Å². The molecule has 0 spiro atoms. The molecule has 1 heterocycles. The van der Waals surface area contributed by atoms with Crippen molar-refractivity contribution in [3.8, 4) is 11.5 Å². The van der Waals surface area contributed by atoms with E-state index in [1.165, 1.54) is 7.11 Å². The van der Waals surface area contributed by atoms with Crippen LogP contribution in [0.4, 0.5) is 0 Å². The van der Waals surface area contributed by atoms with Crippen molar-refractivity contribution in [1.29, 1.82) is 0 Å². The fourth-order valence-corrected chi connectivity index (χ4v) is 3.63. The van der Waals surface area contributed by atoms with Gasteiger partial charge in [-0.05, 0) is 61.0 Å². The summed E-state index contributed by atoms with van der Waals surface area (Å²) in [5, 5.41) is 1.71. The topological polar surface area (TPSA) is 49.7 Å². The largest absolute Gasteiger partial charge is 0.493 e. The van der Waals surface area contributed by atoms with Crippen LogP contribution in [0.25, 0.3) is 17.0 Å². The molecule has 0 saturated carbocycles. The number of carbonyl (C=O) groups is 1. The first kappa shape index (κ1) is 21.5. The molecule has 1 atom stereocenters. The molecule has 3 rings (SSSR count). The van der Waals surface area contributed by atoms with Gasteiger partial charge in [0.2, 0.25) is 0 Å². The quantitative estimate of drug-likeness (QED) is 0.202. The zero-order valence-corrected chi connectivity index (χ0v) is 18.1. The fourth-order valence-electron chi connectivity index (χ4n) is 3.45. The van der Waals surface area contributed by atoms with Gasteiger partial charge in [0.1, 0.15) is 0 Å². The number of carbonyl (C=O) groups excluding carboxylic acids is 1. The standard InChI is InChI=1S/C24H24ClNO4/c1-16(17-8-11-23(29-3)24(14-17)30-4)26-20(6-5-7-21(15-27)28-2)13-18-12-19(25)9-10-22(18)26/h5-16H,1-4H3/b6-5+,21-7-. The molecule has 1 unspecified atom stereocenters. The molecule has 5 nitrogen and oxygen atoms in total. The van der Waals surface area contributed by atoms with Crippen LogP contribution in [0.1, 0.15) is 24.2 Å². The van der Waals surface area contributed by atoms with E-state index >= 15 is 0 Å². The summed E-state index contributed by atoms with van der Waals surface area (Å²) in [7, 11) is 4.71. The predicted octanol–water partition coefficient (Wildman–Crippen LogP) is 5.66. The van der Waals surface area contributed by atoms with E-state index in [9.17, 15) is 4.79 Å². The molecule has 0 fully saturated rings. The Morgan fingerprint density at radius 3 is 2.47 bits per heavy atom. The molecule has 0 amide bonds. The van der Waals surface area contributed by atoms with Crippen LogP contribution in [0.5, 0.6) is 11.5 Å². The summed E-state index contributed by atoms with van der Waals surface area (Å²) in [6.07, 6.45) is 6.03. The highest BCUT2D eigenvalue weighted by atomic mass is 35.5. The van der Waals surface area contributed by atoms with Gasteiger partial charge in [0.05, 0.1) is 27.4 Å². The van der Waals surface area contributed by atoms with Gasteiger partial charge in [-0.15, -0.1) is 0 Å². The normalized spacial score (nSPS) is 12.9. The van der Waals surface area contributed by atoms with Crippen LogP contribution in [-0.2, 0) is 9.53 Å². The van der Waals surface area contributed by atoms with Crippen molar-refractivity contribution in [2.24, 2.45) is 0 Å². The highest BCUT2D eigenvalue weighted by Gasteiger charge is 2.17. The minimum Gasteiger partial charge on any atom is -0.493 e. The van der Waals surface area contributed by atoms with E-state index in [0.29, 0.717) is 22.8 Å². The number of fused-ring (bicyclic) bond motifs is 1. The van der Waals surface area contributed by atoms with Crippen LogP contribution in [0.15, 0.2) is 60.4 Å². The van der Waals surface area contributed by atoms with E-state index in [1.807, 2.05) is 42.5 Å². The lowest BCUT2D eigenvalue weighted by Gasteiger charge is -2.20. The van der Waals surface area contributed by atoms with E-state index in [0.717, 1.165) is 22.2 Å². The van der Waals surface area contributed by atoms with Gasteiger partial charge in [-0.2, -0.15) is 0 Å². The van der Waals surface area contributed by atoms with Crippen molar-refractivity contribution < 1.29 is 19.0 Å². The highest BCUT2D eigenvalue weighted by Crippen LogP contribution is 2.34. The molecule has 0 saturated heterocycles. The van der Waals surface area contributed by atoms with Crippen molar-refractivity contribution in [3.63, 3.8) is 0 Å². The first-order chi connectivity index (χ1) is 14.5. The summed E-state index contributed by atoms with van der Waals surface area (Å²) in [5.41, 5.74) is 3.08. The zero-order valence-electron chi connectivity index (χ0n) is 17.4. The maximum absolute atomic E-state index is 11.0. The Hall–Kier alpha value is -3.18. The fraction of sp³-hybridized carbons (Fsp3) is 0.208. The molecule has 30 heavy (non-hydrogen) atoms. The maximum Gasteiger partial charge on any atom is 0.184 e. The lowest BCUT2D eigenvalue weighted by Crippen LogP contribution is -2.08. The molecule has 2 aromatic carbocycles. The average Bonchev–Trinajstić information content (AvgIpc) is 3.12. The first-order valence-electron chi connectivity index (χ1n) is 9.42. The number of rotatable bonds is 8. The molecular formula is C24H24ClNO4. The second-order valence-corrected chi connectivity index (χ2v) is 7.12. The Morgan fingerprint density at radius 1 is 1.03 bits per heavy atom. The number of ether oxygens (including phenoxy) is 3. The third-order valence-corrected chi connectivity index (χ3v) is 5.22. The van der Waals surface area contributed by atoms with Crippen LogP contribution < -0.4 is 9.47 Å². The van der Waals surface area contributed by atoms with E-state index in [-0.39, 0.29) is 11.8 Å². The number of aromatic nitrogens is 1. The molecule has 0 aliphatic rings. The molecule has 6 heteroatoms. The predicted molar refractivity (Wildman–Crippen MR) is 120 cm³/mol.